The standard InChI is InChI=1S/C19H18N4O2S2/c1-20-16(24)13-8-10-26-18(13)22-17(25)19-21-14-11-23(9-7-15(14)27-19)12-5-3-2-4-6-12/h2-6,8,10H,7,9,11H2,1H3,(H,20,24)(H,22,25). The van der Waals surface area contributed by atoms with Crippen LogP contribution in [-0.2, 0) is 13.0 Å². The lowest BCUT2D eigenvalue weighted by Gasteiger charge is -2.28. The van der Waals surface area contributed by atoms with E-state index in [4.69, 9.17) is 0 Å². The Bertz CT molecular complexity index is 981. The summed E-state index contributed by atoms with van der Waals surface area (Å²) >= 11 is 2.76. The van der Waals surface area contributed by atoms with Crippen LogP contribution < -0.4 is 15.5 Å². The first-order valence-electron chi connectivity index (χ1n) is 8.55. The molecule has 27 heavy (non-hydrogen) atoms. The molecule has 0 unspecified atom stereocenters. The number of para-hydroxylation sites is 1. The number of nitrogens with one attached hydrogen (secondary N) is 2. The van der Waals surface area contributed by atoms with E-state index in [-0.39, 0.29) is 11.8 Å². The number of aromatic nitrogens is 1. The predicted molar refractivity (Wildman–Crippen MR) is 109 cm³/mol. The van der Waals surface area contributed by atoms with Gasteiger partial charge in [-0.05, 0) is 23.6 Å². The minimum Gasteiger partial charge on any atom is -0.365 e. The molecule has 3 aromatic rings. The molecule has 2 N–H and O–H groups in total. The molecule has 6 nitrogen and oxygen atoms in total. The highest BCUT2D eigenvalue weighted by molar-refractivity contribution is 7.15. The molecule has 0 atom stereocenters. The monoisotopic (exact) mass is 398 g/mol. The zero-order chi connectivity index (χ0) is 18.8. The number of thiazole rings is 1. The summed E-state index contributed by atoms with van der Waals surface area (Å²) in [5.74, 6) is -0.489. The molecule has 1 aromatic carbocycles. The molecule has 4 rings (SSSR count). The maximum atomic E-state index is 12.6. The highest BCUT2D eigenvalue weighted by Crippen LogP contribution is 2.29. The topological polar surface area (TPSA) is 74.3 Å². The van der Waals surface area contributed by atoms with E-state index in [0.29, 0.717) is 22.1 Å². The van der Waals surface area contributed by atoms with Crippen LogP contribution in [0.5, 0.6) is 0 Å². The van der Waals surface area contributed by atoms with Gasteiger partial charge in [-0.15, -0.1) is 22.7 Å². The van der Waals surface area contributed by atoms with Crippen LogP contribution >= 0.6 is 22.7 Å². The summed E-state index contributed by atoms with van der Waals surface area (Å²) in [5, 5.41) is 8.17. The molecule has 0 saturated carbocycles. The van der Waals surface area contributed by atoms with E-state index in [1.54, 1.807) is 18.5 Å². The number of thiophene rings is 1. The number of carbonyl (C=O) groups excluding carboxylic acids is 2. The number of amides is 2. The number of hydrogen-bond acceptors (Lipinski definition) is 6. The van der Waals surface area contributed by atoms with Crippen molar-refractivity contribution in [3.05, 3.63) is 62.9 Å². The first-order chi connectivity index (χ1) is 13.2. The summed E-state index contributed by atoms with van der Waals surface area (Å²) in [6.07, 6.45) is 0.873. The Kier molecular flexibility index (Phi) is 4.91. The zero-order valence-electron chi connectivity index (χ0n) is 14.7. The van der Waals surface area contributed by atoms with Crippen molar-refractivity contribution in [1.82, 2.24) is 10.3 Å². The van der Waals surface area contributed by atoms with Gasteiger partial charge in [-0.25, -0.2) is 4.98 Å². The quantitative estimate of drug-likeness (QED) is 0.707. The molecule has 8 heteroatoms. The summed E-state index contributed by atoms with van der Waals surface area (Å²) in [7, 11) is 1.57. The average Bonchev–Trinajstić information content (AvgIpc) is 3.34. The Morgan fingerprint density at radius 2 is 1.96 bits per heavy atom. The Hall–Kier alpha value is -2.71. The van der Waals surface area contributed by atoms with Crippen molar-refractivity contribution in [3.63, 3.8) is 0 Å². The van der Waals surface area contributed by atoms with Gasteiger partial charge in [0.2, 0.25) is 0 Å². The van der Waals surface area contributed by atoms with E-state index in [2.05, 4.69) is 32.7 Å². The lowest BCUT2D eigenvalue weighted by Crippen LogP contribution is -2.29. The van der Waals surface area contributed by atoms with E-state index in [9.17, 15) is 9.59 Å². The van der Waals surface area contributed by atoms with Crippen molar-refractivity contribution < 1.29 is 9.59 Å². The third-order valence-electron chi connectivity index (χ3n) is 4.41. The van der Waals surface area contributed by atoms with Crippen LogP contribution in [0.3, 0.4) is 0 Å². The van der Waals surface area contributed by atoms with Crippen LogP contribution in [0.15, 0.2) is 41.8 Å². The van der Waals surface area contributed by atoms with Crippen molar-refractivity contribution in [3.8, 4) is 0 Å². The van der Waals surface area contributed by atoms with Gasteiger partial charge in [-0.2, -0.15) is 0 Å². The van der Waals surface area contributed by atoms with Crippen LogP contribution in [0.4, 0.5) is 10.7 Å². The van der Waals surface area contributed by atoms with E-state index in [1.807, 2.05) is 18.2 Å². The van der Waals surface area contributed by atoms with Crippen molar-refractivity contribution in [1.29, 1.82) is 0 Å². The normalized spacial score (nSPS) is 13.1. The molecule has 0 bridgehead atoms. The van der Waals surface area contributed by atoms with Gasteiger partial charge >= 0.3 is 0 Å². The second-order valence-electron chi connectivity index (χ2n) is 6.09. The SMILES string of the molecule is CNC(=O)c1ccsc1NC(=O)c1nc2c(s1)CCN(c1ccccc1)C2. The smallest absolute Gasteiger partial charge is 0.285 e. The third-order valence-corrected chi connectivity index (χ3v) is 6.39. The van der Waals surface area contributed by atoms with E-state index in [0.717, 1.165) is 29.2 Å². The Balaban J connectivity index is 1.50. The molecular weight excluding hydrogens is 380 g/mol. The molecule has 2 amide bonds. The molecule has 0 aliphatic carbocycles. The summed E-state index contributed by atoms with van der Waals surface area (Å²) in [4.78, 5) is 32.5. The van der Waals surface area contributed by atoms with Crippen LogP contribution in [0.25, 0.3) is 0 Å². The van der Waals surface area contributed by atoms with Crippen molar-refractivity contribution in [2.75, 3.05) is 23.8 Å². The Morgan fingerprint density at radius 1 is 1.15 bits per heavy atom. The fraction of sp³-hybridized carbons (Fsp3) is 0.211. The number of carbonyl (C=O) groups is 2. The lowest BCUT2D eigenvalue weighted by atomic mass is 10.1. The van der Waals surface area contributed by atoms with Gasteiger partial charge in [0.15, 0.2) is 5.01 Å². The first kappa shape index (κ1) is 17.7. The third kappa shape index (κ3) is 3.58. The molecule has 1 aliphatic heterocycles. The van der Waals surface area contributed by atoms with E-state index < -0.39 is 0 Å². The second kappa shape index (κ2) is 7.50. The maximum Gasteiger partial charge on any atom is 0.285 e. The molecule has 2 aromatic heterocycles. The fourth-order valence-electron chi connectivity index (χ4n) is 3.03. The average molecular weight is 399 g/mol. The summed E-state index contributed by atoms with van der Waals surface area (Å²) < 4.78 is 0. The minimum absolute atomic E-state index is 0.219. The van der Waals surface area contributed by atoms with Crippen molar-refractivity contribution in [2.45, 2.75) is 13.0 Å². The Labute approximate surface area is 164 Å². The summed E-state index contributed by atoms with van der Waals surface area (Å²) in [5.41, 5.74) is 2.58. The molecule has 1 aliphatic rings. The van der Waals surface area contributed by atoms with Crippen LogP contribution in [0.1, 0.15) is 30.7 Å². The van der Waals surface area contributed by atoms with Gasteiger partial charge in [0.25, 0.3) is 11.8 Å². The maximum absolute atomic E-state index is 12.6. The number of nitrogens with zero attached hydrogens (tertiary/aromatic N) is 2. The van der Waals surface area contributed by atoms with Crippen LogP contribution in [-0.4, -0.2) is 30.4 Å². The van der Waals surface area contributed by atoms with Gasteiger partial charge in [0, 0.05) is 30.6 Å². The van der Waals surface area contributed by atoms with Gasteiger partial charge in [0.05, 0.1) is 17.8 Å². The number of rotatable bonds is 4. The van der Waals surface area contributed by atoms with E-state index in [1.165, 1.54) is 22.7 Å². The van der Waals surface area contributed by atoms with E-state index >= 15 is 0 Å². The molecule has 0 fully saturated rings. The van der Waals surface area contributed by atoms with Gasteiger partial charge in [-0.1, -0.05) is 18.2 Å². The number of fused-ring (bicyclic) bond motifs is 1. The van der Waals surface area contributed by atoms with Crippen LogP contribution in [0, 0.1) is 0 Å². The zero-order valence-corrected chi connectivity index (χ0v) is 16.3. The second-order valence-corrected chi connectivity index (χ2v) is 8.09. The minimum atomic E-state index is -0.270. The summed E-state index contributed by atoms with van der Waals surface area (Å²) in [6, 6.07) is 11.9. The first-order valence-corrected chi connectivity index (χ1v) is 10.2. The number of hydrogen-bond donors (Lipinski definition) is 2. The van der Waals surface area contributed by atoms with Gasteiger partial charge in [-0.3, -0.25) is 9.59 Å². The molecular formula is C19H18N4O2S2. The van der Waals surface area contributed by atoms with Crippen molar-refractivity contribution in [2.24, 2.45) is 0 Å². The lowest BCUT2D eigenvalue weighted by molar-refractivity contribution is 0.0964. The van der Waals surface area contributed by atoms with Gasteiger partial charge < -0.3 is 15.5 Å². The number of anilines is 2. The highest BCUT2D eigenvalue weighted by Gasteiger charge is 2.24. The van der Waals surface area contributed by atoms with Crippen LogP contribution in [0.2, 0.25) is 0 Å². The molecule has 138 valence electrons. The molecule has 0 saturated heterocycles. The molecule has 0 radical (unpaired) electrons. The largest absolute Gasteiger partial charge is 0.365 e. The molecule has 3 heterocycles. The van der Waals surface area contributed by atoms with Crippen molar-refractivity contribution >= 4 is 45.2 Å². The van der Waals surface area contributed by atoms with Gasteiger partial charge in [0.1, 0.15) is 5.00 Å². The highest BCUT2D eigenvalue weighted by atomic mass is 32.1. The molecule has 0 spiro atoms. The number of benzene rings is 1. The predicted octanol–water partition coefficient (Wildman–Crippen LogP) is 3.38. The Morgan fingerprint density at radius 3 is 2.74 bits per heavy atom. The summed E-state index contributed by atoms with van der Waals surface area (Å²) in [6.45, 7) is 1.61. The fourth-order valence-corrected chi connectivity index (χ4v) is 4.76.